The van der Waals surface area contributed by atoms with Crippen molar-refractivity contribution in [2.45, 2.75) is 26.4 Å². The van der Waals surface area contributed by atoms with Crippen LogP contribution >= 0.6 is 0 Å². The molecular weight excluding hydrogens is 316 g/mol. The molecule has 0 atom stereocenters. The fraction of sp³-hybridized carbons (Fsp3) is 0.211. The lowest BCUT2D eigenvalue weighted by Gasteiger charge is -2.13. The maximum Gasteiger partial charge on any atom is 0.319 e. The van der Waals surface area contributed by atoms with Gasteiger partial charge in [0, 0.05) is 12.6 Å². The highest BCUT2D eigenvalue weighted by Crippen LogP contribution is 2.15. The average molecular weight is 336 g/mol. The van der Waals surface area contributed by atoms with Crippen LogP contribution in [0.2, 0.25) is 0 Å². The largest absolute Gasteiger partial charge is 0.348 e. The molecule has 0 aliphatic carbocycles. The van der Waals surface area contributed by atoms with Crippen molar-refractivity contribution in [1.82, 2.24) is 10.6 Å². The number of amides is 3. The Morgan fingerprint density at radius 2 is 1.76 bits per heavy atom. The molecule has 0 aliphatic rings. The molecule has 3 N–H and O–H groups in total. The van der Waals surface area contributed by atoms with Crippen LogP contribution in [0.15, 0.2) is 48.5 Å². The van der Waals surface area contributed by atoms with Crippen LogP contribution in [0.4, 0.5) is 10.5 Å². The normalized spacial score (nSPS) is 10.0. The number of nitrogens with zero attached hydrogens (tertiary/aromatic N) is 1. The van der Waals surface area contributed by atoms with E-state index in [1.54, 1.807) is 48.5 Å². The van der Waals surface area contributed by atoms with Gasteiger partial charge in [0.25, 0.3) is 5.91 Å². The van der Waals surface area contributed by atoms with E-state index in [4.69, 9.17) is 5.26 Å². The highest BCUT2D eigenvalue weighted by Gasteiger charge is 2.13. The highest BCUT2D eigenvalue weighted by molar-refractivity contribution is 6.03. The summed E-state index contributed by atoms with van der Waals surface area (Å²) in [5, 5.41) is 17.0. The van der Waals surface area contributed by atoms with E-state index in [-0.39, 0.29) is 18.0 Å². The Balaban J connectivity index is 2.03. The maximum absolute atomic E-state index is 12.4. The number of carbonyl (C=O) groups excluding carboxylic acids is 2. The molecule has 0 saturated carbocycles. The molecular formula is C19H20N4O2. The van der Waals surface area contributed by atoms with Gasteiger partial charge < -0.3 is 16.0 Å². The lowest BCUT2D eigenvalue weighted by molar-refractivity contribution is 0.0952. The zero-order valence-electron chi connectivity index (χ0n) is 14.2. The number of benzene rings is 2. The third kappa shape index (κ3) is 5.36. The standard InChI is InChI=1S/C19H20N4O2/c1-13(2)22-19(25)23-17-6-4-3-5-16(17)18(24)21-12-15-9-7-14(11-20)8-10-15/h3-10,13H,12H2,1-2H3,(H,21,24)(H2,22,23,25). The van der Waals surface area contributed by atoms with Crippen molar-refractivity contribution in [3.63, 3.8) is 0 Å². The topological polar surface area (TPSA) is 94.0 Å². The Labute approximate surface area is 146 Å². The minimum absolute atomic E-state index is 0.00243. The summed E-state index contributed by atoms with van der Waals surface area (Å²) in [6, 6.07) is 15.5. The zero-order valence-corrected chi connectivity index (χ0v) is 14.2. The maximum atomic E-state index is 12.4. The first kappa shape index (κ1) is 18.0. The van der Waals surface area contributed by atoms with E-state index in [2.05, 4.69) is 22.0 Å². The monoisotopic (exact) mass is 336 g/mol. The number of hydrogen-bond donors (Lipinski definition) is 3. The summed E-state index contributed by atoms with van der Waals surface area (Å²) in [5.74, 6) is -0.287. The predicted molar refractivity (Wildman–Crippen MR) is 96.1 cm³/mol. The van der Waals surface area contributed by atoms with Gasteiger partial charge in [0.05, 0.1) is 22.9 Å². The summed E-state index contributed by atoms with van der Waals surface area (Å²) in [4.78, 5) is 24.3. The van der Waals surface area contributed by atoms with Crippen LogP contribution in [0.5, 0.6) is 0 Å². The van der Waals surface area contributed by atoms with Gasteiger partial charge in [-0.1, -0.05) is 24.3 Å². The summed E-state index contributed by atoms with van der Waals surface area (Å²) in [5.41, 5.74) is 2.28. The number of para-hydroxylation sites is 1. The minimum atomic E-state index is -0.359. The molecule has 128 valence electrons. The van der Waals surface area contributed by atoms with E-state index in [0.29, 0.717) is 23.4 Å². The first-order valence-corrected chi connectivity index (χ1v) is 7.93. The summed E-state index contributed by atoms with van der Waals surface area (Å²) in [6.45, 7) is 4.04. The third-order valence-electron chi connectivity index (χ3n) is 3.38. The van der Waals surface area contributed by atoms with Gasteiger partial charge in [-0.3, -0.25) is 4.79 Å². The summed E-state index contributed by atoms with van der Waals surface area (Å²) >= 11 is 0. The molecule has 0 bridgehead atoms. The van der Waals surface area contributed by atoms with Crippen LogP contribution in [-0.2, 0) is 6.54 Å². The van der Waals surface area contributed by atoms with E-state index in [1.807, 2.05) is 13.8 Å². The van der Waals surface area contributed by atoms with Crippen molar-refractivity contribution in [3.8, 4) is 6.07 Å². The molecule has 0 unspecified atom stereocenters. The second-order valence-corrected chi connectivity index (χ2v) is 5.79. The number of nitriles is 1. The van der Waals surface area contributed by atoms with E-state index in [9.17, 15) is 9.59 Å². The molecule has 0 heterocycles. The van der Waals surface area contributed by atoms with Crippen molar-refractivity contribution < 1.29 is 9.59 Å². The lowest BCUT2D eigenvalue weighted by atomic mass is 10.1. The van der Waals surface area contributed by atoms with Gasteiger partial charge in [0.2, 0.25) is 0 Å². The van der Waals surface area contributed by atoms with E-state index in [1.165, 1.54) is 0 Å². The minimum Gasteiger partial charge on any atom is -0.348 e. The Bertz CT molecular complexity index is 792. The van der Waals surface area contributed by atoms with Gasteiger partial charge in [-0.25, -0.2) is 4.79 Å². The first-order chi connectivity index (χ1) is 12.0. The Morgan fingerprint density at radius 3 is 2.40 bits per heavy atom. The highest BCUT2D eigenvalue weighted by atomic mass is 16.2. The molecule has 25 heavy (non-hydrogen) atoms. The predicted octanol–water partition coefficient (Wildman–Crippen LogP) is 3.02. The fourth-order valence-corrected chi connectivity index (χ4v) is 2.19. The SMILES string of the molecule is CC(C)NC(=O)Nc1ccccc1C(=O)NCc1ccc(C#N)cc1. The molecule has 3 amide bonds. The van der Waals surface area contributed by atoms with Crippen molar-refractivity contribution in [2.75, 3.05) is 5.32 Å². The molecule has 0 aromatic heterocycles. The number of anilines is 1. The van der Waals surface area contributed by atoms with Crippen molar-refractivity contribution in [1.29, 1.82) is 5.26 Å². The molecule has 2 aromatic carbocycles. The van der Waals surface area contributed by atoms with E-state index < -0.39 is 0 Å². The van der Waals surface area contributed by atoms with Gasteiger partial charge in [-0.15, -0.1) is 0 Å². The fourth-order valence-electron chi connectivity index (χ4n) is 2.19. The van der Waals surface area contributed by atoms with Crippen LogP contribution in [0.1, 0.15) is 35.3 Å². The van der Waals surface area contributed by atoms with Crippen molar-refractivity contribution in [3.05, 3.63) is 65.2 Å². The second-order valence-electron chi connectivity index (χ2n) is 5.79. The molecule has 0 fully saturated rings. The quantitative estimate of drug-likeness (QED) is 0.783. The Kier molecular flexibility index (Phi) is 6.13. The Morgan fingerprint density at radius 1 is 1.08 bits per heavy atom. The molecule has 6 nitrogen and oxygen atoms in total. The van der Waals surface area contributed by atoms with Gasteiger partial charge in [-0.05, 0) is 43.7 Å². The van der Waals surface area contributed by atoms with Crippen LogP contribution in [0.25, 0.3) is 0 Å². The number of urea groups is 1. The Hall–Kier alpha value is -3.33. The molecule has 0 spiro atoms. The summed E-state index contributed by atoms with van der Waals surface area (Å²) < 4.78 is 0. The smallest absolute Gasteiger partial charge is 0.319 e. The van der Waals surface area contributed by atoms with Crippen LogP contribution in [0.3, 0.4) is 0 Å². The van der Waals surface area contributed by atoms with Crippen molar-refractivity contribution in [2.24, 2.45) is 0 Å². The average Bonchev–Trinajstić information content (AvgIpc) is 2.60. The summed E-state index contributed by atoms with van der Waals surface area (Å²) in [6.07, 6.45) is 0. The van der Waals surface area contributed by atoms with Crippen molar-refractivity contribution >= 4 is 17.6 Å². The van der Waals surface area contributed by atoms with Gasteiger partial charge in [0.15, 0.2) is 0 Å². The second kappa shape index (κ2) is 8.50. The number of nitrogens with one attached hydrogen (secondary N) is 3. The van der Waals surface area contributed by atoms with E-state index in [0.717, 1.165) is 5.56 Å². The van der Waals surface area contributed by atoms with Gasteiger partial charge >= 0.3 is 6.03 Å². The molecule has 2 rings (SSSR count). The molecule has 2 aromatic rings. The van der Waals surface area contributed by atoms with Crippen LogP contribution in [0, 0.1) is 11.3 Å². The molecule has 0 aliphatic heterocycles. The van der Waals surface area contributed by atoms with E-state index >= 15 is 0 Å². The molecule has 0 radical (unpaired) electrons. The third-order valence-corrected chi connectivity index (χ3v) is 3.38. The van der Waals surface area contributed by atoms with Crippen LogP contribution in [-0.4, -0.2) is 18.0 Å². The number of hydrogen-bond acceptors (Lipinski definition) is 3. The van der Waals surface area contributed by atoms with Gasteiger partial charge in [0.1, 0.15) is 0 Å². The first-order valence-electron chi connectivity index (χ1n) is 7.93. The molecule has 6 heteroatoms. The molecule has 0 saturated heterocycles. The number of carbonyl (C=O) groups is 2. The number of rotatable bonds is 5. The lowest BCUT2D eigenvalue weighted by Crippen LogP contribution is -2.35. The van der Waals surface area contributed by atoms with Crippen LogP contribution < -0.4 is 16.0 Å². The van der Waals surface area contributed by atoms with Gasteiger partial charge in [-0.2, -0.15) is 5.26 Å². The summed E-state index contributed by atoms with van der Waals surface area (Å²) in [7, 11) is 0. The zero-order chi connectivity index (χ0) is 18.2.